The lowest BCUT2D eigenvalue weighted by atomic mass is 9.95. The zero-order valence-corrected chi connectivity index (χ0v) is 11.3. The molecule has 0 unspecified atom stereocenters. The minimum absolute atomic E-state index is 0.284. The summed E-state index contributed by atoms with van der Waals surface area (Å²) in [6.45, 7) is 0. The third-order valence-electron chi connectivity index (χ3n) is 3.38. The van der Waals surface area contributed by atoms with Gasteiger partial charge in [-0.05, 0) is 35.9 Å². The highest BCUT2D eigenvalue weighted by atomic mass is 19.1. The molecule has 2 aromatic rings. The fourth-order valence-corrected chi connectivity index (χ4v) is 2.33. The molecule has 3 rings (SSSR count). The van der Waals surface area contributed by atoms with Crippen molar-refractivity contribution in [3.8, 4) is 0 Å². The molecule has 22 heavy (non-hydrogen) atoms. The van der Waals surface area contributed by atoms with Crippen LogP contribution in [0.5, 0.6) is 0 Å². The highest BCUT2D eigenvalue weighted by Gasteiger charge is 2.39. The van der Waals surface area contributed by atoms with Crippen LogP contribution < -0.4 is 10.6 Å². The fourth-order valence-electron chi connectivity index (χ4n) is 2.33. The molecule has 110 valence electrons. The maximum atomic E-state index is 12.8. The Kier molecular flexibility index (Phi) is 3.42. The third kappa shape index (κ3) is 2.46. The second-order valence-electron chi connectivity index (χ2n) is 4.83. The van der Waals surface area contributed by atoms with Crippen LogP contribution in [0.4, 0.5) is 15.8 Å². The average Bonchev–Trinajstić information content (AvgIpc) is 2.84. The van der Waals surface area contributed by atoms with E-state index in [2.05, 4.69) is 10.6 Å². The third-order valence-corrected chi connectivity index (χ3v) is 3.38. The minimum Gasteiger partial charge on any atom is -0.325 e. The summed E-state index contributed by atoms with van der Waals surface area (Å²) in [6.07, 6.45) is 0. The number of hydrogen-bond acceptors (Lipinski definition) is 3. The first-order chi connectivity index (χ1) is 10.6. The number of para-hydroxylation sites is 1. The van der Waals surface area contributed by atoms with Crippen LogP contribution in [0.1, 0.15) is 11.5 Å². The van der Waals surface area contributed by atoms with E-state index >= 15 is 0 Å². The maximum Gasteiger partial charge on any atom is 0.292 e. The van der Waals surface area contributed by atoms with Gasteiger partial charge in [0.15, 0.2) is 0 Å². The molecule has 0 radical (unpaired) electrons. The van der Waals surface area contributed by atoms with Crippen LogP contribution in [0, 0.1) is 5.82 Å². The van der Waals surface area contributed by atoms with Gasteiger partial charge in [0.2, 0.25) is 11.7 Å². The number of hydrogen-bond donors (Lipinski definition) is 2. The Hall–Kier alpha value is -3.02. The fraction of sp³-hybridized carbons (Fsp3) is 0.0625. The van der Waals surface area contributed by atoms with Crippen molar-refractivity contribution in [3.63, 3.8) is 0 Å². The number of halogens is 1. The second kappa shape index (κ2) is 5.40. The van der Waals surface area contributed by atoms with Crippen LogP contribution in [0.3, 0.4) is 0 Å². The lowest BCUT2D eigenvalue weighted by molar-refractivity contribution is -0.138. The van der Waals surface area contributed by atoms with E-state index in [-0.39, 0.29) is 5.69 Å². The van der Waals surface area contributed by atoms with Gasteiger partial charge in [0.05, 0.1) is 0 Å². The molecule has 0 spiro atoms. The molecule has 0 saturated carbocycles. The number of anilines is 2. The monoisotopic (exact) mass is 298 g/mol. The first-order valence-corrected chi connectivity index (χ1v) is 6.57. The molecule has 0 saturated heterocycles. The van der Waals surface area contributed by atoms with Gasteiger partial charge in [0, 0.05) is 11.4 Å². The van der Waals surface area contributed by atoms with Crippen molar-refractivity contribution in [1.29, 1.82) is 0 Å². The molecule has 0 aliphatic carbocycles. The molecule has 0 fully saturated rings. The van der Waals surface area contributed by atoms with Crippen molar-refractivity contribution in [2.75, 3.05) is 10.6 Å². The summed E-state index contributed by atoms with van der Waals surface area (Å²) in [5.41, 5.74) is 1.29. The van der Waals surface area contributed by atoms with Crippen molar-refractivity contribution < 1.29 is 18.8 Å². The zero-order valence-electron chi connectivity index (χ0n) is 11.3. The van der Waals surface area contributed by atoms with Gasteiger partial charge in [-0.25, -0.2) is 4.39 Å². The first-order valence-electron chi connectivity index (χ1n) is 6.57. The number of rotatable bonds is 3. The van der Waals surface area contributed by atoms with Crippen LogP contribution in [-0.2, 0) is 14.4 Å². The smallest absolute Gasteiger partial charge is 0.292 e. The molecule has 0 aromatic heterocycles. The average molecular weight is 298 g/mol. The molecule has 5 nitrogen and oxygen atoms in total. The number of fused-ring (bicyclic) bond motifs is 1. The molecular formula is C16H11FN2O3. The van der Waals surface area contributed by atoms with E-state index < -0.39 is 29.3 Å². The summed E-state index contributed by atoms with van der Waals surface area (Å²) in [7, 11) is 0. The molecule has 1 heterocycles. The van der Waals surface area contributed by atoms with Gasteiger partial charge in [-0.2, -0.15) is 0 Å². The Morgan fingerprint density at radius 3 is 2.45 bits per heavy atom. The topological polar surface area (TPSA) is 75.3 Å². The Labute approximate surface area is 125 Å². The molecule has 6 heteroatoms. The SMILES string of the molecule is O=C(Nc1ccc(F)cc1)C(=O)[C@H]1C(=O)Nc2ccccc21. The molecule has 2 aromatic carbocycles. The summed E-state index contributed by atoms with van der Waals surface area (Å²) < 4.78 is 12.8. The predicted octanol–water partition coefficient (Wildman–Crippen LogP) is 2.07. The number of Topliss-reactive ketones (excluding diaryl/α,β-unsaturated/α-hetero) is 1. The van der Waals surface area contributed by atoms with Crippen molar-refractivity contribution in [2.45, 2.75) is 5.92 Å². The number of carbonyl (C=O) groups excluding carboxylic acids is 3. The normalized spacial score (nSPS) is 15.9. The molecular weight excluding hydrogens is 287 g/mol. The van der Waals surface area contributed by atoms with Gasteiger partial charge in [-0.1, -0.05) is 18.2 Å². The van der Waals surface area contributed by atoms with E-state index in [0.717, 1.165) is 12.1 Å². The summed E-state index contributed by atoms with van der Waals surface area (Å²) in [5.74, 6) is -3.90. The van der Waals surface area contributed by atoms with Gasteiger partial charge >= 0.3 is 0 Å². The van der Waals surface area contributed by atoms with Crippen molar-refractivity contribution >= 4 is 29.0 Å². The van der Waals surface area contributed by atoms with E-state index in [1.807, 2.05) is 0 Å². The van der Waals surface area contributed by atoms with E-state index in [4.69, 9.17) is 0 Å². The summed E-state index contributed by atoms with van der Waals surface area (Å²) in [6, 6.07) is 11.7. The largest absolute Gasteiger partial charge is 0.325 e. The Morgan fingerprint density at radius 1 is 1.05 bits per heavy atom. The van der Waals surface area contributed by atoms with Gasteiger partial charge in [0.1, 0.15) is 11.7 Å². The molecule has 2 N–H and O–H groups in total. The van der Waals surface area contributed by atoms with Crippen LogP contribution in [-0.4, -0.2) is 17.6 Å². The Morgan fingerprint density at radius 2 is 1.73 bits per heavy atom. The molecule has 1 aliphatic rings. The molecule has 1 atom stereocenters. The van der Waals surface area contributed by atoms with Crippen molar-refractivity contribution in [2.24, 2.45) is 0 Å². The van der Waals surface area contributed by atoms with E-state index in [0.29, 0.717) is 11.3 Å². The van der Waals surface area contributed by atoms with Gasteiger partial charge in [-0.3, -0.25) is 14.4 Å². The molecule has 1 aliphatic heterocycles. The van der Waals surface area contributed by atoms with Crippen LogP contribution in [0.25, 0.3) is 0 Å². The Balaban J connectivity index is 1.80. The van der Waals surface area contributed by atoms with Crippen LogP contribution in [0.15, 0.2) is 48.5 Å². The van der Waals surface area contributed by atoms with E-state index in [1.165, 1.54) is 12.1 Å². The number of carbonyl (C=O) groups is 3. The summed E-state index contributed by atoms with van der Waals surface area (Å²) in [5, 5.41) is 4.93. The number of nitrogens with one attached hydrogen (secondary N) is 2. The van der Waals surface area contributed by atoms with Gasteiger partial charge in [-0.15, -0.1) is 0 Å². The first kappa shape index (κ1) is 13.9. The van der Waals surface area contributed by atoms with Gasteiger partial charge < -0.3 is 10.6 Å². The lowest BCUT2D eigenvalue weighted by Gasteiger charge is -2.08. The standard InChI is InChI=1S/C16H11FN2O3/c17-9-5-7-10(8-6-9)18-16(22)14(20)13-11-3-1-2-4-12(11)19-15(13)21/h1-8,13H,(H,18,22)(H,19,21)/t13-/m0/s1. The number of amides is 2. The van der Waals surface area contributed by atoms with Crippen LogP contribution >= 0.6 is 0 Å². The van der Waals surface area contributed by atoms with E-state index in [1.54, 1.807) is 24.3 Å². The lowest BCUT2D eigenvalue weighted by Crippen LogP contribution is -2.31. The number of benzene rings is 2. The molecule has 0 bridgehead atoms. The highest BCUT2D eigenvalue weighted by molar-refractivity contribution is 6.47. The maximum absolute atomic E-state index is 12.8. The van der Waals surface area contributed by atoms with Crippen molar-refractivity contribution in [3.05, 3.63) is 59.9 Å². The highest BCUT2D eigenvalue weighted by Crippen LogP contribution is 2.32. The van der Waals surface area contributed by atoms with Crippen molar-refractivity contribution in [1.82, 2.24) is 0 Å². The van der Waals surface area contributed by atoms with E-state index in [9.17, 15) is 18.8 Å². The van der Waals surface area contributed by atoms with Crippen LogP contribution in [0.2, 0.25) is 0 Å². The zero-order chi connectivity index (χ0) is 15.7. The summed E-state index contributed by atoms with van der Waals surface area (Å²) >= 11 is 0. The Bertz CT molecular complexity index is 771. The number of ketones is 1. The molecule has 2 amide bonds. The quantitative estimate of drug-likeness (QED) is 0.673. The van der Waals surface area contributed by atoms with Gasteiger partial charge in [0.25, 0.3) is 5.91 Å². The second-order valence-corrected chi connectivity index (χ2v) is 4.83. The predicted molar refractivity (Wildman–Crippen MR) is 77.8 cm³/mol. The minimum atomic E-state index is -1.16. The summed E-state index contributed by atoms with van der Waals surface area (Å²) in [4.78, 5) is 36.2.